The average Bonchev–Trinajstić information content (AvgIpc) is 2.92. The smallest absolute Gasteiger partial charge is 0.123 e. The molecule has 0 saturated carbocycles. The summed E-state index contributed by atoms with van der Waals surface area (Å²) in [5, 5.41) is 5.54. The van der Waals surface area contributed by atoms with Crippen LogP contribution in [0.5, 0.6) is 0 Å². The van der Waals surface area contributed by atoms with Crippen molar-refractivity contribution in [2.24, 2.45) is 0 Å². The number of hydrogen-bond donors (Lipinski definition) is 1. The molecular formula is C15H19FN2S. The molecule has 0 atom stereocenters. The van der Waals surface area contributed by atoms with Crippen molar-refractivity contribution in [2.45, 2.75) is 6.42 Å². The van der Waals surface area contributed by atoms with Crippen molar-refractivity contribution in [3.05, 3.63) is 52.5 Å². The summed E-state index contributed by atoms with van der Waals surface area (Å²) in [7, 11) is 2.02. The minimum Gasteiger partial charge on any atom is -0.373 e. The van der Waals surface area contributed by atoms with E-state index in [1.165, 1.54) is 17.0 Å². The van der Waals surface area contributed by atoms with E-state index < -0.39 is 0 Å². The topological polar surface area (TPSA) is 15.3 Å². The Balaban J connectivity index is 1.63. The molecular weight excluding hydrogens is 259 g/mol. The lowest BCUT2D eigenvalue weighted by molar-refractivity contribution is 0.627. The van der Waals surface area contributed by atoms with Gasteiger partial charge in [0.1, 0.15) is 5.82 Å². The maximum absolute atomic E-state index is 12.8. The summed E-state index contributed by atoms with van der Waals surface area (Å²) in [4.78, 5) is 3.54. The van der Waals surface area contributed by atoms with Crippen molar-refractivity contribution < 1.29 is 4.39 Å². The lowest BCUT2D eigenvalue weighted by Gasteiger charge is -2.19. The van der Waals surface area contributed by atoms with Gasteiger partial charge in [-0.2, -0.15) is 0 Å². The molecule has 1 aromatic carbocycles. The highest BCUT2D eigenvalue weighted by Crippen LogP contribution is 2.12. The molecule has 0 spiro atoms. The van der Waals surface area contributed by atoms with E-state index in [9.17, 15) is 4.39 Å². The molecule has 0 unspecified atom stereocenters. The Hall–Kier alpha value is -1.39. The molecule has 1 aromatic heterocycles. The molecule has 0 aliphatic rings. The molecule has 0 radical (unpaired) electrons. The fraction of sp³-hybridized carbons (Fsp3) is 0.333. The molecule has 0 bridgehead atoms. The third-order valence-corrected chi connectivity index (χ3v) is 3.96. The van der Waals surface area contributed by atoms with E-state index in [1.54, 1.807) is 23.5 Å². The second-order valence-electron chi connectivity index (χ2n) is 4.48. The van der Waals surface area contributed by atoms with Gasteiger partial charge in [0, 0.05) is 37.2 Å². The van der Waals surface area contributed by atoms with Gasteiger partial charge < -0.3 is 10.2 Å². The maximum Gasteiger partial charge on any atom is 0.123 e. The first-order valence-corrected chi connectivity index (χ1v) is 7.33. The van der Waals surface area contributed by atoms with Gasteiger partial charge in [-0.15, -0.1) is 11.3 Å². The second kappa shape index (κ2) is 7.26. The van der Waals surface area contributed by atoms with E-state index in [0.717, 1.165) is 31.7 Å². The molecule has 2 nitrogen and oxygen atoms in total. The highest BCUT2D eigenvalue weighted by Gasteiger charge is 2.00. The molecule has 0 saturated heterocycles. The maximum atomic E-state index is 12.8. The van der Waals surface area contributed by atoms with Crippen LogP contribution in [0.4, 0.5) is 10.1 Å². The third kappa shape index (κ3) is 4.65. The lowest BCUT2D eigenvalue weighted by atomic mass is 10.3. The zero-order valence-electron chi connectivity index (χ0n) is 11.1. The number of halogens is 1. The van der Waals surface area contributed by atoms with Crippen LogP contribution >= 0.6 is 11.3 Å². The average molecular weight is 278 g/mol. The van der Waals surface area contributed by atoms with Crippen LogP contribution in [0, 0.1) is 5.82 Å². The number of likely N-dealkylation sites (N-methyl/N-ethyl adjacent to an activating group) is 1. The van der Waals surface area contributed by atoms with E-state index in [1.807, 2.05) is 7.05 Å². The van der Waals surface area contributed by atoms with Crippen molar-refractivity contribution in [3.8, 4) is 0 Å². The Morgan fingerprint density at radius 3 is 2.63 bits per heavy atom. The molecule has 2 aromatic rings. The SMILES string of the molecule is CN(CCNCCc1cccs1)c1ccc(F)cc1. The highest BCUT2D eigenvalue weighted by atomic mass is 32.1. The standard InChI is InChI=1S/C15H19FN2S/c1-18(14-6-4-13(16)5-7-14)11-10-17-9-8-15-3-2-12-19-15/h2-7,12,17H,8-11H2,1H3. The van der Waals surface area contributed by atoms with Gasteiger partial charge in [-0.05, 0) is 42.1 Å². The third-order valence-electron chi connectivity index (χ3n) is 3.02. The van der Waals surface area contributed by atoms with Crippen LogP contribution in [0.25, 0.3) is 0 Å². The van der Waals surface area contributed by atoms with Crippen molar-refractivity contribution in [1.82, 2.24) is 5.32 Å². The largest absolute Gasteiger partial charge is 0.373 e. The molecule has 2 rings (SSSR count). The number of rotatable bonds is 7. The minimum absolute atomic E-state index is 0.189. The first-order valence-electron chi connectivity index (χ1n) is 6.45. The van der Waals surface area contributed by atoms with E-state index in [4.69, 9.17) is 0 Å². The Labute approximate surface area is 117 Å². The van der Waals surface area contributed by atoms with E-state index >= 15 is 0 Å². The first-order chi connectivity index (χ1) is 9.25. The van der Waals surface area contributed by atoms with Crippen LogP contribution < -0.4 is 10.2 Å². The van der Waals surface area contributed by atoms with Crippen LogP contribution in [0.3, 0.4) is 0 Å². The van der Waals surface area contributed by atoms with E-state index in [0.29, 0.717) is 0 Å². The van der Waals surface area contributed by atoms with Crippen molar-refractivity contribution >= 4 is 17.0 Å². The van der Waals surface area contributed by atoms with Gasteiger partial charge in [0.25, 0.3) is 0 Å². The number of benzene rings is 1. The summed E-state index contributed by atoms with van der Waals surface area (Å²) in [6.45, 7) is 2.84. The first kappa shape index (κ1) is 14.0. The van der Waals surface area contributed by atoms with Gasteiger partial charge >= 0.3 is 0 Å². The summed E-state index contributed by atoms with van der Waals surface area (Å²) in [6, 6.07) is 10.9. The molecule has 1 heterocycles. The zero-order valence-corrected chi connectivity index (χ0v) is 11.9. The van der Waals surface area contributed by atoms with Crippen LogP contribution in [-0.2, 0) is 6.42 Å². The number of nitrogens with zero attached hydrogens (tertiary/aromatic N) is 1. The second-order valence-corrected chi connectivity index (χ2v) is 5.51. The molecule has 4 heteroatoms. The van der Waals surface area contributed by atoms with Gasteiger partial charge in [-0.25, -0.2) is 4.39 Å². The summed E-state index contributed by atoms with van der Waals surface area (Å²) < 4.78 is 12.8. The summed E-state index contributed by atoms with van der Waals surface area (Å²) in [5.74, 6) is -0.189. The lowest BCUT2D eigenvalue weighted by Crippen LogP contribution is -2.30. The minimum atomic E-state index is -0.189. The van der Waals surface area contributed by atoms with Crippen LogP contribution in [-0.4, -0.2) is 26.7 Å². The Morgan fingerprint density at radius 2 is 1.95 bits per heavy atom. The van der Waals surface area contributed by atoms with Gasteiger partial charge in [0.15, 0.2) is 0 Å². The predicted molar refractivity (Wildman–Crippen MR) is 80.6 cm³/mol. The van der Waals surface area contributed by atoms with Gasteiger partial charge in [-0.1, -0.05) is 6.07 Å². The number of nitrogens with one attached hydrogen (secondary N) is 1. The van der Waals surface area contributed by atoms with E-state index in [2.05, 4.69) is 27.7 Å². The molecule has 19 heavy (non-hydrogen) atoms. The molecule has 0 fully saturated rings. The number of hydrogen-bond acceptors (Lipinski definition) is 3. The van der Waals surface area contributed by atoms with Gasteiger partial charge in [0.2, 0.25) is 0 Å². The number of thiophene rings is 1. The van der Waals surface area contributed by atoms with E-state index in [-0.39, 0.29) is 5.82 Å². The fourth-order valence-corrected chi connectivity index (χ4v) is 2.57. The summed E-state index contributed by atoms with van der Waals surface area (Å²) >= 11 is 1.80. The molecule has 0 aliphatic carbocycles. The summed E-state index contributed by atoms with van der Waals surface area (Å²) in [5.41, 5.74) is 1.04. The highest BCUT2D eigenvalue weighted by molar-refractivity contribution is 7.09. The van der Waals surface area contributed by atoms with Crippen LogP contribution in [0.15, 0.2) is 41.8 Å². The van der Waals surface area contributed by atoms with Gasteiger partial charge in [-0.3, -0.25) is 0 Å². The Bertz CT molecular complexity index is 467. The molecule has 0 amide bonds. The van der Waals surface area contributed by atoms with Crippen molar-refractivity contribution in [3.63, 3.8) is 0 Å². The zero-order chi connectivity index (χ0) is 13.5. The van der Waals surface area contributed by atoms with Crippen LogP contribution in [0.1, 0.15) is 4.88 Å². The Kier molecular flexibility index (Phi) is 5.36. The molecule has 1 N–H and O–H groups in total. The normalized spacial score (nSPS) is 10.6. The summed E-state index contributed by atoms with van der Waals surface area (Å²) in [6.07, 6.45) is 1.08. The van der Waals surface area contributed by atoms with Crippen LogP contribution in [0.2, 0.25) is 0 Å². The number of anilines is 1. The van der Waals surface area contributed by atoms with Gasteiger partial charge in [0.05, 0.1) is 0 Å². The molecule has 0 aliphatic heterocycles. The Morgan fingerprint density at radius 1 is 1.16 bits per heavy atom. The predicted octanol–water partition coefficient (Wildman–Crippen LogP) is 3.16. The van der Waals surface area contributed by atoms with Crippen molar-refractivity contribution in [2.75, 3.05) is 31.6 Å². The quantitative estimate of drug-likeness (QED) is 0.783. The fourth-order valence-electron chi connectivity index (χ4n) is 1.86. The molecule has 102 valence electrons. The monoisotopic (exact) mass is 278 g/mol. The van der Waals surface area contributed by atoms with Crippen molar-refractivity contribution in [1.29, 1.82) is 0 Å².